The van der Waals surface area contributed by atoms with Gasteiger partial charge in [-0.1, -0.05) is 30.3 Å². The molecule has 0 saturated heterocycles. The maximum atomic E-state index is 10.0. The molecule has 1 unspecified atom stereocenters. The first-order chi connectivity index (χ1) is 6.83. The highest BCUT2D eigenvalue weighted by Gasteiger charge is 2.02. The molecule has 0 heterocycles. The molecule has 14 heavy (non-hydrogen) atoms. The molecule has 0 fully saturated rings. The lowest BCUT2D eigenvalue weighted by atomic mass is 10.2. The molecule has 0 aromatic heterocycles. The highest BCUT2D eigenvalue weighted by molar-refractivity contribution is 7.98. The number of benzene rings is 1. The molecular weight excluding hydrogens is 217 g/mol. The van der Waals surface area contributed by atoms with Gasteiger partial charge in [-0.2, -0.15) is 11.8 Å². The molecule has 3 nitrogen and oxygen atoms in total. The van der Waals surface area contributed by atoms with E-state index in [2.05, 4.69) is 16.7 Å². The minimum absolute atomic E-state index is 0.352. The Balaban J connectivity index is 2.18. The third-order valence-corrected chi connectivity index (χ3v) is 3.03. The third kappa shape index (κ3) is 4.72. The molecule has 0 radical (unpaired) electrons. The third-order valence-electron chi connectivity index (χ3n) is 1.57. The van der Waals surface area contributed by atoms with Crippen molar-refractivity contribution < 1.29 is 9.09 Å². The van der Waals surface area contributed by atoms with E-state index in [0.717, 1.165) is 5.75 Å². The highest BCUT2D eigenvalue weighted by Crippen LogP contribution is 2.13. The number of thioether (sulfide) groups is 1. The standard InChI is InChI=1S/C9H12NO2PS/c10-9(12-13-11)7-14-6-8-4-2-1-3-5-8/h1-5,9H,6-7,10H2. The molecule has 1 rings (SSSR count). The van der Waals surface area contributed by atoms with Crippen molar-refractivity contribution >= 4 is 20.4 Å². The smallest absolute Gasteiger partial charge is 0.305 e. The topological polar surface area (TPSA) is 52.3 Å². The van der Waals surface area contributed by atoms with Crippen molar-refractivity contribution in [1.29, 1.82) is 0 Å². The van der Waals surface area contributed by atoms with Gasteiger partial charge >= 0.3 is 8.69 Å². The zero-order valence-corrected chi connectivity index (χ0v) is 9.34. The number of nitrogens with two attached hydrogens (primary N) is 1. The van der Waals surface area contributed by atoms with Crippen LogP contribution in [0.5, 0.6) is 0 Å². The van der Waals surface area contributed by atoms with Gasteiger partial charge in [0.15, 0.2) is 0 Å². The van der Waals surface area contributed by atoms with E-state index in [1.165, 1.54) is 5.56 Å². The summed E-state index contributed by atoms with van der Waals surface area (Å²) >= 11 is 1.66. The summed E-state index contributed by atoms with van der Waals surface area (Å²) < 4.78 is 14.7. The minimum Gasteiger partial charge on any atom is -0.305 e. The van der Waals surface area contributed by atoms with Crippen molar-refractivity contribution in [3.8, 4) is 0 Å². The van der Waals surface area contributed by atoms with Gasteiger partial charge in [0.1, 0.15) is 6.23 Å². The lowest BCUT2D eigenvalue weighted by Gasteiger charge is -2.06. The molecule has 76 valence electrons. The Morgan fingerprint density at radius 1 is 1.43 bits per heavy atom. The van der Waals surface area contributed by atoms with Gasteiger partial charge in [-0.15, -0.1) is 0 Å². The number of hydrogen-bond acceptors (Lipinski definition) is 4. The van der Waals surface area contributed by atoms with E-state index in [9.17, 15) is 4.57 Å². The average molecular weight is 229 g/mol. The zero-order valence-electron chi connectivity index (χ0n) is 7.63. The Morgan fingerprint density at radius 2 is 2.14 bits per heavy atom. The van der Waals surface area contributed by atoms with E-state index in [1.54, 1.807) is 11.8 Å². The van der Waals surface area contributed by atoms with Gasteiger partial charge in [-0.3, -0.25) is 4.52 Å². The van der Waals surface area contributed by atoms with Gasteiger partial charge in [0.2, 0.25) is 0 Å². The zero-order chi connectivity index (χ0) is 10.2. The van der Waals surface area contributed by atoms with Gasteiger partial charge < -0.3 is 5.73 Å². The van der Waals surface area contributed by atoms with Crippen LogP contribution in [0, 0.1) is 0 Å². The van der Waals surface area contributed by atoms with Crippen molar-refractivity contribution in [1.82, 2.24) is 0 Å². The molecule has 1 aromatic carbocycles. The summed E-state index contributed by atoms with van der Waals surface area (Å²) in [5.74, 6) is 1.54. The van der Waals surface area contributed by atoms with Gasteiger partial charge in [0, 0.05) is 11.5 Å². The van der Waals surface area contributed by atoms with Gasteiger partial charge in [0.05, 0.1) is 0 Å². The summed E-state index contributed by atoms with van der Waals surface area (Å²) in [5.41, 5.74) is 6.75. The highest BCUT2D eigenvalue weighted by atomic mass is 32.2. The van der Waals surface area contributed by atoms with Crippen molar-refractivity contribution in [3.63, 3.8) is 0 Å². The number of rotatable bonds is 6. The quantitative estimate of drug-likeness (QED) is 0.601. The molecule has 5 heteroatoms. The Kier molecular flexibility index (Phi) is 5.80. The van der Waals surface area contributed by atoms with E-state index in [4.69, 9.17) is 5.73 Å². The SMILES string of the molecule is NC(CSCc1ccccc1)OP=O. The second-order valence-electron chi connectivity index (χ2n) is 2.72. The van der Waals surface area contributed by atoms with Gasteiger partial charge in [-0.25, -0.2) is 4.57 Å². The fourth-order valence-corrected chi connectivity index (χ4v) is 2.09. The molecule has 0 bridgehead atoms. The summed E-state index contributed by atoms with van der Waals surface area (Å²) in [5, 5.41) is 0. The van der Waals surface area contributed by atoms with Crippen LogP contribution in [0.1, 0.15) is 5.56 Å². The van der Waals surface area contributed by atoms with E-state index >= 15 is 0 Å². The van der Waals surface area contributed by atoms with Crippen LogP contribution in [-0.4, -0.2) is 12.0 Å². The second-order valence-corrected chi connectivity index (χ2v) is 4.11. The summed E-state index contributed by atoms with van der Waals surface area (Å²) in [6.07, 6.45) is -0.456. The average Bonchev–Trinajstić information content (AvgIpc) is 2.20. The predicted molar refractivity (Wildman–Crippen MR) is 59.3 cm³/mol. The van der Waals surface area contributed by atoms with E-state index < -0.39 is 6.23 Å². The Labute approximate surface area is 89.3 Å². The van der Waals surface area contributed by atoms with E-state index in [1.807, 2.05) is 18.2 Å². The Bertz CT molecular complexity index is 271. The molecule has 0 aliphatic rings. The van der Waals surface area contributed by atoms with Crippen LogP contribution in [0.2, 0.25) is 0 Å². The van der Waals surface area contributed by atoms with E-state index in [0.29, 0.717) is 5.75 Å². The lowest BCUT2D eigenvalue weighted by Crippen LogP contribution is -2.22. The molecule has 1 aromatic rings. The van der Waals surface area contributed by atoms with E-state index in [-0.39, 0.29) is 8.69 Å². The van der Waals surface area contributed by atoms with Crippen LogP contribution in [0.3, 0.4) is 0 Å². The summed E-state index contributed by atoms with van der Waals surface area (Å²) in [4.78, 5) is 0. The second kappa shape index (κ2) is 6.96. The summed E-state index contributed by atoms with van der Waals surface area (Å²) in [6, 6.07) is 10.1. The van der Waals surface area contributed by atoms with Crippen molar-refractivity contribution in [2.45, 2.75) is 12.0 Å². The Hall–Kier alpha value is -0.410. The fourth-order valence-electron chi connectivity index (χ4n) is 0.953. The van der Waals surface area contributed by atoms with Gasteiger partial charge in [-0.05, 0) is 5.56 Å². The van der Waals surface area contributed by atoms with Crippen LogP contribution in [0.4, 0.5) is 0 Å². The van der Waals surface area contributed by atoms with Crippen LogP contribution < -0.4 is 5.73 Å². The normalized spacial score (nSPS) is 12.9. The first-order valence-electron chi connectivity index (χ1n) is 4.18. The predicted octanol–water partition coefficient (Wildman–Crippen LogP) is 2.43. The van der Waals surface area contributed by atoms with Crippen LogP contribution >= 0.6 is 20.4 Å². The monoisotopic (exact) mass is 229 g/mol. The van der Waals surface area contributed by atoms with Crippen LogP contribution in [-0.2, 0) is 14.8 Å². The molecule has 0 aliphatic carbocycles. The minimum atomic E-state index is -0.456. The van der Waals surface area contributed by atoms with Crippen molar-refractivity contribution in [2.24, 2.45) is 5.73 Å². The molecule has 0 spiro atoms. The fraction of sp³-hybridized carbons (Fsp3) is 0.333. The molecule has 0 amide bonds. The summed E-state index contributed by atoms with van der Waals surface area (Å²) in [7, 11) is -0.352. The molecule has 2 N–H and O–H groups in total. The van der Waals surface area contributed by atoms with Crippen molar-refractivity contribution in [3.05, 3.63) is 35.9 Å². The molecule has 0 aliphatic heterocycles. The first-order valence-corrected chi connectivity index (χ1v) is 6.07. The Morgan fingerprint density at radius 3 is 2.79 bits per heavy atom. The number of hydrogen-bond donors (Lipinski definition) is 1. The maximum Gasteiger partial charge on any atom is 0.328 e. The molecular formula is C9H12NO2PS. The first kappa shape index (κ1) is 11.7. The van der Waals surface area contributed by atoms with Crippen LogP contribution in [0.15, 0.2) is 30.3 Å². The largest absolute Gasteiger partial charge is 0.328 e. The maximum absolute atomic E-state index is 10.0. The molecule has 1 atom stereocenters. The van der Waals surface area contributed by atoms with Crippen molar-refractivity contribution in [2.75, 3.05) is 5.75 Å². The van der Waals surface area contributed by atoms with Gasteiger partial charge in [0.25, 0.3) is 0 Å². The lowest BCUT2D eigenvalue weighted by molar-refractivity contribution is 0.259. The summed E-state index contributed by atoms with van der Waals surface area (Å²) in [6.45, 7) is 0. The van der Waals surface area contributed by atoms with Crippen LogP contribution in [0.25, 0.3) is 0 Å². The molecule has 0 saturated carbocycles.